The minimum atomic E-state index is -3.70. The average molecular weight is 456 g/mol. The standard InChI is InChI=1S/C21H25N7O3S/c22-32(30,31)18-5-3-16(4-6-18)9-10-24-21(29)17-2-1-12-27(14-17)19-7-8-20(26-25-19)28-13-11-23-15-28/h3-8,11,13,15,17H,1-2,9-10,12,14H2,(H,24,29)(H2,22,30,31). The average Bonchev–Trinajstić information content (AvgIpc) is 3.34. The van der Waals surface area contributed by atoms with Gasteiger partial charge in [0.05, 0.1) is 10.8 Å². The number of piperidine rings is 1. The fourth-order valence-corrected chi connectivity index (χ4v) is 4.25. The highest BCUT2D eigenvalue weighted by atomic mass is 32.2. The number of sulfonamides is 1. The van der Waals surface area contributed by atoms with E-state index in [2.05, 4.69) is 25.4 Å². The van der Waals surface area contributed by atoms with E-state index in [1.54, 1.807) is 35.4 Å². The summed E-state index contributed by atoms with van der Waals surface area (Å²) in [5.74, 6) is 1.33. The smallest absolute Gasteiger partial charge is 0.238 e. The molecule has 1 atom stereocenters. The van der Waals surface area contributed by atoms with Gasteiger partial charge in [-0.2, -0.15) is 0 Å². The van der Waals surface area contributed by atoms with Crippen LogP contribution in [0.5, 0.6) is 0 Å². The Hall–Kier alpha value is -3.31. The van der Waals surface area contributed by atoms with E-state index in [4.69, 9.17) is 5.14 Å². The van der Waals surface area contributed by atoms with Crippen LogP contribution in [-0.4, -0.2) is 53.7 Å². The van der Waals surface area contributed by atoms with Gasteiger partial charge in [-0.1, -0.05) is 12.1 Å². The molecule has 1 aromatic carbocycles. The van der Waals surface area contributed by atoms with Crippen LogP contribution in [0.15, 0.2) is 60.0 Å². The van der Waals surface area contributed by atoms with Gasteiger partial charge in [0.2, 0.25) is 15.9 Å². The van der Waals surface area contributed by atoms with Crippen molar-refractivity contribution in [2.45, 2.75) is 24.2 Å². The first-order valence-electron chi connectivity index (χ1n) is 10.4. The van der Waals surface area contributed by atoms with Crippen LogP contribution in [-0.2, 0) is 21.2 Å². The molecule has 3 heterocycles. The summed E-state index contributed by atoms with van der Waals surface area (Å²) in [7, 11) is -3.70. The number of rotatable bonds is 7. The summed E-state index contributed by atoms with van der Waals surface area (Å²) < 4.78 is 24.4. The SMILES string of the molecule is NS(=O)(=O)c1ccc(CCNC(=O)C2CCCN(c3ccc(-n4ccnc4)nn3)C2)cc1. The highest BCUT2D eigenvalue weighted by Crippen LogP contribution is 2.22. The van der Waals surface area contributed by atoms with Crippen molar-refractivity contribution in [3.05, 3.63) is 60.7 Å². The van der Waals surface area contributed by atoms with Crippen molar-refractivity contribution in [1.29, 1.82) is 0 Å². The summed E-state index contributed by atoms with van der Waals surface area (Å²) in [4.78, 5) is 18.9. The predicted octanol–water partition coefficient (Wildman–Crippen LogP) is 0.885. The third-order valence-electron chi connectivity index (χ3n) is 5.49. The molecule has 2 aromatic heterocycles. The number of anilines is 1. The lowest BCUT2D eigenvalue weighted by Gasteiger charge is -2.32. The first kappa shape index (κ1) is 21.9. The Kier molecular flexibility index (Phi) is 6.47. The molecule has 1 fully saturated rings. The molecule has 0 aliphatic carbocycles. The van der Waals surface area contributed by atoms with Gasteiger partial charge in [-0.3, -0.25) is 9.36 Å². The molecule has 0 radical (unpaired) electrons. The topological polar surface area (TPSA) is 136 Å². The molecule has 0 spiro atoms. The molecule has 10 nitrogen and oxygen atoms in total. The predicted molar refractivity (Wildman–Crippen MR) is 119 cm³/mol. The Balaban J connectivity index is 1.29. The van der Waals surface area contributed by atoms with E-state index in [1.165, 1.54) is 12.1 Å². The van der Waals surface area contributed by atoms with Gasteiger partial charge in [0.25, 0.3) is 0 Å². The summed E-state index contributed by atoms with van der Waals surface area (Å²) >= 11 is 0. The molecule has 0 saturated carbocycles. The van der Waals surface area contributed by atoms with Crippen molar-refractivity contribution in [2.75, 3.05) is 24.5 Å². The van der Waals surface area contributed by atoms with E-state index in [9.17, 15) is 13.2 Å². The number of carbonyl (C=O) groups excluding carboxylic acids is 1. The summed E-state index contributed by atoms with van der Waals surface area (Å²) in [5, 5.41) is 16.7. The maximum atomic E-state index is 12.7. The lowest BCUT2D eigenvalue weighted by Crippen LogP contribution is -2.43. The number of carbonyl (C=O) groups is 1. The number of amides is 1. The van der Waals surface area contributed by atoms with E-state index in [0.29, 0.717) is 25.3 Å². The van der Waals surface area contributed by atoms with Crippen LogP contribution in [0.2, 0.25) is 0 Å². The maximum absolute atomic E-state index is 12.7. The largest absolute Gasteiger partial charge is 0.355 e. The number of primary sulfonamides is 1. The Morgan fingerprint density at radius 1 is 1.12 bits per heavy atom. The van der Waals surface area contributed by atoms with E-state index in [-0.39, 0.29) is 16.7 Å². The normalized spacial score (nSPS) is 16.7. The summed E-state index contributed by atoms with van der Waals surface area (Å²) in [6.45, 7) is 1.90. The van der Waals surface area contributed by atoms with Crippen LogP contribution in [0.3, 0.4) is 0 Å². The highest BCUT2D eigenvalue weighted by molar-refractivity contribution is 7.89. The number of aromatic nitrogens is 4. The van der Waals surface area contributed by atoms with Crippen molar-refractivity contribution in [3.63, 3.8) is 0 Å². The molecular weight excluding hydrogens is 430 g/mol. The molecule has 1 amide bonds. The Bertz CT molecular complexity index is 1150. The number of hydrogen-bond acceptors (Lipinski definition) is 7. The van der Waals surface area contributed by atoms with Crippen LogP contribution in [0.4, 0.5) is 5.82 Å². The number of nitrogens with two attached hydrogens (primary N) is 1. The fraction of sp³-hybridized carbons (Fsp3) is 0.333. The van der Waals surface area contributed by atoms with Gasteiger partial charge in [-0.15, -0.1) is 10.2 Å². The monoisotopic (exact) mass is 455 g/mol. The maximum Gasteiger partial charge on any atom is 0.238 e. The fourth-order valence-electron chi connectivity index (χ4n) is 3.74. The van der Waals surface area contributed by atoms with Gasteiger partial charge in [-0.05, 0) is 49.1 Å². The minimum Gasteiger partial charge on any atom is -0.355 e. The van der Waals surface area contributed by atoms with Crippen LogP contribution >= 0.6 is 0 Å². The van der Waals surface area contributed by atoms with Gasteiger partial charge >= 0.3 is 0 Å². The van der Waals surface area contributed by atoms with Crippen molar-refractivity contribution < 1.29 is 13.2 Å². The van der Waals surface area contributed by atoms with Gasteiger partial charge in [0.1, 0.15) is 6.33 Å². The van der Waals surface area contributed by atoms with Crippen molar-refractivity contribution >= 4 is 21.7 Å². The third kappa shape index (κ3) is 5.29. The number of imidazole rings is 1. The molecule has 1 unspecified atom stereocenters. The molecule has 11 heteroatoms. The van der Waals surface area contributed by atoms with Crippen molar-refractivity contribution in [1.82, 2.24) is 25.1 Å². The lowest BCUT2D eigenvalue weighted by atomic mass is 9.97. The second-order valence-electron chi connectivity index (χ2n) is 7.73. The van der Waals surface area contributed by atoms with Crippen LogP contribution in [0.25, 0.3) is 5.82 Å². The summed E-state index contributed by atoms with van der Waals surface area (Å²) in [6, 6.07) is 10.2. The Morgan fingerprint density at radius 2 is 1.88 bits per heavy atom. The molecule has 1 aliphatic rings. The second-order valence-corrected chi connectivity index (χ2v) is 9.30. The molecular formula is C21H25N7O3S. The van der Waals surface area contributed by atoms with Crippen molar-refractivity contribution in [3.8, 4) is 5.82 Å². The summed E-state index contributed by atoms with van der Waals surface area (Å²) in [6.07, 6.45) is 7.49. The van der Waals surface area contributed by atoms with Crippen LogP contribution < -0.4 is 15.4 Å². The van der Waals surface area contributed by atoms with Gasteiger partial charge in [0.15, 0.2) is 11.6 Å². The molecule has 4 rings (SSSR count). The molecule has 3 N–H and O–H groups in total. The highest BCUT2D eigenvalue weighted by Gasteiger charge is 2.26. The number of benzene rings is 1. The summed E-state index contributed by atoms with van der Waals surface area (Å²) in [5.41, 5.74) is 0.927. The van der Waals surface area contributed by atoms with E-state index < -0.39 is 10.0 Å². The molecule has 3 aromatic rings. The third-order valence-corrected chi connectivity index (χ3v) is 6.42. The van der Waals surface area contributed by atoms with Crippen molar-refractivity contribution in [2.24, 2.45) is 11.1 Å². The van der Waals surface area contributed by atoms with Gasteiger partial charge in [-0.25, -0.2) is 18.5 Å². The number of nitrogens with zero attached hydrogens (tertiary/aromatic N) is 5. The van der Waals surface area contributed by atoms with Crippen LogP contribution in [0.1, 0.15) is 18.4 Å². The molecule has 1 aliphatic heterocycles. The zero-order valence-electron chi connectivity index (χ0n) is 17.5. The minimum absolute atomic E-state index is 0.0128. The van der Waals surface area contributed by atoms with Gasteiger partial charge < -0.3 is 10.2 Å². The molecule has 168 valence electrons. The van der Waals surface area contributed by atoms with E-state index in [0.717, 1.165) is 30.8 Å². The quantitative estimate of drug-likeness (QED) is 0.540. The van der Waals surface area contributed by atoms with E-state index in [1.807, 2.05) is 12.1 Å². The Labute approximate surface area is 186 Å². The zero-order valence-corrected chi connectivity index (χ0v) is 18.3. The first-order valence-corrected chi connectivity index (χ1v) is 11.9. The number of nitrogens with one attached hydrogen (secondary N) is 1. The first-order chi connectivity index (χ1) is 15.4. The lowest BCUT2D eigenvalue weighted by molar-refractivity contribution is -0.125. The number of hydrogen-bond donors (Lipinski definition) is 2. The second kappa shape index (κ2) is 9.45. The molecule has 1 saturated heterocycles. The Morgan fingerprint density at radius 3 is 2.53 bits per heavy atom. The van der Waals surface area contributed by atoms with Crippen LogP contribution in [0, 0.1) is 5.92 Å². The van der Waals surface area contributed by atoms with E-state index >= 15 is 0 Å². The van der Waals surface area contributed by atoms with Gasteiger partial charge in [0, 0.05) is 32.0 Å². The zero-order chi connectivity index (χ0) is 22.6. The molecule has 32 heavy (non-hydrogen) atoms. The molecule has 0 bridgehead atoms.